The largest absolute Gasteiger partial charge is 0.385 e. The summed E-state index contributed by atoms with van der Waals surface area (Å²) in [7, 11) is 0. The van der Waals surface area contributed by atoms with Gasteiger partial charge >= 0.3 is 0 Å². The van der Waals surface area contributed by atoms with Gasteiger partial charge in [0.25, 0.3) is 0 Å². The van der Waals surface area contributed by atoms with Crippen molar-refractivity contribution in [2.45, 2.75) is 52.4 Å². The lowest BCUT2D eigenvalue weighted by atomic mass is 9.87. The third-order valence-electron chi connectivity index (χ3n) is 4.60. The number of hydrogen-bond acceptors (Lipinski definition) is 2. The third-order valence-corrected chi connectivity index (χ3v) is 4.60. The Morgan fingerprint density at radius 3 is 2.25 bits per heavy atom. The minimum absolute atomic E-state index is 0.964. The highest BCUT2D eigenvalue weighted by Crippen LogP contribution is 2.26. The molecule has 0 aromatic heterocycles. The topological polar surface area (TPSA) is 15.3 Å². The molecular formula is C18H30N2. The maximum absolute atomic E-state index is 3.58. The van der Waals surface area contributed by atoms with Gasteiger partial charge in [0, 0.05) is 31.0 Å². The van der Waals surface area contributed by atoms with Gasteiger partial charge in [0.05, 0.1) is 0 Å². The molecule has 0 heterocycles. The quantitative estimate of drug-likeness (QED) is 0.759. The lowest BCUT2D eigenvalue weighted by Crippen LogP contribution is -2.21. The molecule has 1 aromatic rings. The smallest absolute Gasteiger partial charge is 0.0367 e. The zero-order valence-electron chi connectivity index (χ0n) is 13.2. The van der Waals surface area contributed by atoms with Crippen molar-refractivity contribution in [3.8, 4) is 0 Å². The molecule has 0 radical (unpaired) electrons. The molecule has 1 N–H and O–H groups in total. The van der Waals surface area contributed by atoms with E-state index in [1.807, 2.05) is 0 Å². The minimum Gasteiger partial charge on any atom is -0.385 e. The Balaban J connectivity index is 1.75. The van der Waals surface area contributed by atoms with Crippen molar-refractivity contribution in [2.24, 2.45) is 5.92 Å². The van der Waals surface area contributed by atoms with Gasteiger partial charge in [-0.15, -0.1) is 0 Å². The van der Waals surface area contributed by atoms with E-state index in [0.29, 0.717) is 0 Å². The van der Waals surface area contributed by atoms with Gasteiger partial charge in [-0.05, 0) is 50.5 Å². The first kappa shape index (κ1) is 15.2. The molecule has 0 saturated heterocycles. The van der Waals surface area contributed by atoms with Crippen LogP contribution in [0.25, 0.3) is 0 Å². The molecule has 2 heteroatoms. The third kappa shape index (κ3) is 4.43. The molecule has 0 bridgehead atoms. The van der Waals surface area contributed by atoms with Crippen LogP contribution in [0.4, 0.5) is 11.4 Å². The summed E-state index contributed by atoms with van der Waals surface area (Å²) in [5.74, 6) is 0.964. The standard InChI is InChI=1S/C18H30N2/c1-3-20(4-2)18-12-10-17(11-13-18)19-15-14-16-8-6-5-7-9-16/h10-13,16,19H,3-9,14-15H2,1-2H3. The first-order valence-electron chi connectivity index (χ1n) is 8.42. The lowest BCUT2D eigenvalue weighted by Gasteiger charge is -2.22. The monoisotopic (exact) mass is 274 g/mol. The summed E-state index contributed by atoms with van der Waals surface area (Å²) in [5.41, 5.74) is 2.59. The second-order valence-electron chi connectivity index (χ2n) is 5.94. The number of rotatable bonds is 7. The van der Waals surface area contributed by atoms with Crippen LogP contribution < -0.4 is 10.2 Å². The van der Waals surface area contributed by atoms with E-state index in [1.54, 1.807) is 0 Å². The van der Waals surface area contributed by atoms with E-state index < -0.39 is 0 Å². The van der Waals surface area contributed by atoms with Gasteiger partial charge in [-0.2, -0.15) is 0 Å². The fraction of sp³-hybridized carbons (Fsp3) is 0.667. The van der Waals surface area contributed by atoms with E-state index >= 15 is 0 Å². The molecule has 0 aliphatic heterocycles. The molecule has 0 amide bonds. The van der Waals surface area contributed by atoms with E-state index in [2.05, 4.69) is 48.3 Å². The summed E-state index contributed by atoms with van der Waals surface area (Å²) in [4.78, 5) is 2.38. The SMILES string of the molecule is CCN(CC)c1ccc(NCCC2CCCCC2)cc1. The van der Waals surface area contributed by atoms with Crippen molar-refractivity contribution >= 4 is 11.4 Å². The molecule has 1 aliphatic carbocycles. The van der Waals surface area contributed by atoms with E-state index in [0.717, 1.165) is 25.6 Å². The number of benzene rings is 1. The van der Waals surface area contributed by atoms with Crippen LogP contribution in [0.3, 0.4) is 0 Å². The van der Waals surface area contributed by atoms with Crippen LogP contribution in [0.5, 0.6) is 0 Å². The summed E-state index contributed by atoms with van der Waals surface area (Å²) < 4.78 is 0. The van der Waals surface area contributed by atoms with Gasteiger partial charge in [0.1, 0.15) is 0 Å². The molecule has 2 rings (SSSR count). The van der Waals surface area contributed by atoms with Crippen LogP contribution in [-0.2, 0) is 0 Å². The van der Waals surface area contributed by atoms with Crippen LogP contribution in [0.15, 0.2) is 24.3 Å². The number of nitrogens with one attached hydrogen (secondary N) is 1. The average molecular weight is 274 g/mol. The van der Waals surface area contributed by atoms with Gasteiger partial charge in [0.15, 0.2) is 0 Å². The van der Waals surface area contributed by atoms with E-state index in [1.165, 1.54) is 49.9 Å². The maximum Gasteiger partial charge on any atom is 0.0367 e. The van der Waals surface area contributed by atoms with Crippen LogP contribution in [-0.4, -0.2) is 19.6 Å². The Bertz CT molecular complexity index is 362. The molecule has 112 valence electrons. The normalized spacial score (nSPS) is 16.1. The molecule has 2 nitrogen and oxygen atoms in total. The fourth-order valence-corrected chi connectivity index (χ4v) is 3.28. The highest BCUT2D eigenvalue weighted by atomic mass is 15.1. The van der Waals surface area contributed by atoms with Crippen molar-refractivity contribution in [2.75, 3.05) is 29.9 Å². The minimum atomic E-state index is 0.964. The van der Waals surface area contributed by atoms with Gasteiger partial charge in [-0.25, -0.2) is 0 Å². The molecule has 0 spiro atoms. The van der Waals surface area contributed by atoms with Crippen molar-refractivity contribution in [1.82, 2.24) is 0 Å². The van der Waals surface area contributed by atoms with Gasteiger partial charge in [-0.3, -0.25) is 0 Å². The molecule has 0 atom stereocenters. The van der Waals surface area contributed by atoms with Crippen LogP contribution >= 0.6 is 0 Å². The highest BCUT2D eigenvalue weighted by molar-refractivity contribution is 5.54. The second kappa shape index (κ2) is 8.18. The average Bonchev–Trinajstić information content (AvgIpc) is 2.51. The maximum atomic E-state index is 3.58. The Kier molecular flexibility index (Phi) is 6.23. The number of anilines is 2. The van der Waals surface area contributed by atoms with Gasteiger partial charge in [-0.1, -0.05) is 32.1 Å². The summed E-state index contributed by atoms with van der Waals surface area (Å²) in [5, 5.41) is 3.58. The molecule has 1 aliphatic rings. The first-order chi connectivity index (χ1) is 9.83. The zero-order chi connectivity index (χ0) is 14.2. The van der Waals surface area contributed by atoms with E-state index in [4.69, 9.17) is 0 Å². The van der Waals surface area contributed by atoms with E-state index in [9.17, 15) is 0 Å². The Labute approximate surface area is 124 Å². The second-order valence-corrected chi connectivity index (χ2v) is 5.94. The van der Waals surface area contributed by atoms with Crippen molar-refractivity contribution in [3.63, 3.8) is 0 Å². The first-order valence-corrected chi connectivity index (χ1v) is 8.42. The zero-order valence-corrected chi connectivity index (χ0v) is 13.2. The summed E-state index contributed by atoms with van der Waals surface area (Å²) >= 11 is 0. The predicted octanol–water partition coefficient (Wildman–Crippen LogP) is 4.92. The van der Waals surface area contributed by atoms with Crippen LogP contribution in [0.2, 0.25) is 0 Å². The Hall–Kier alpha value is -1.18. The molecule has 1 aromatic carbocycles. The summed E-state index contributed by atoms with van der Waals surface area (Å²) in [6.45, 7) is 7.69. The van der Waals surface area contributed by atoms with Crippen molar-refractivity contribution < 1.29 is 0 Å². The molecule has 1 saturated carbocycles. The molecular weight excluding hydrogens is 244 g/mol. The summed E-state index contributed by atoms with van der Waals surface area (Å²) in [6.07, 6.45) is 8.58. The number of nitrogens with zero attached hydrogens (tertiary/aromatic N) is 1. The predicted molar refractivity (Wildman–Crippen MR) is 89.7 cm³/mol. The van der Waals surface area contributed by atoms with Crippen LogP contribution in [0.1, 0.15) is 52.4 Å². The van der Waals surface area contributed by atoms with Gasteiger partial charge in [0.2, 0.25) is 0 Å². The van der Waals surface area contributed by atoms with Crippen LogP contribution in [0, 0.1) is 5.92 Å². The number of hydrogen-bond donors (Lipinski definition) is 1. The summed E-state index contributed by atoms with van der Waals surface area (Å²) in [6, 6.07) is 8.90. The Morgan fingerprint density at radius 2 is 1.65 bits per heavy atom. The highest BCUT2D eigenvalue weighted by Gasteiger charge is 2.12. The Morgan fingerprint density at radius 1 is 1.00 bits per heavy atom. The molecule has 0 unspecified atom stereocenters. The van der Waals surface area contributed by atoms with E-state index in [-0.39, 0.29) is 0 Å². The van der Waals surface area contributed by atoms with Crippen molar-refractivity contribution in [1.29, 1.82) is 0 Å². The lowest BCUT2D eigenvalue weighted by molar-refractivity contribution is 0.345. The fourth-order valence-electron chi connectivity index (χ4n) is 3.28. The molecule has 1 fully saturated rings. The van der Waals surface area contributed by atoms with Crippen molar-refractivity contribution in [3.05, 3.63) is 24.3 Å². The van der Waals surface area contributed by atoms with Gasteiger partial charge < -0.3 is 10.2 Å². The molecule has 20 heavy (non-hydrogen) atoms.